The Morgan fingerprint density at radius 2 is 0.737 bits per heavy atom. The van der Waals surface area contributed by atoms with Gasteiger partial charge in [0.25, 0.3) is 0 Å². The monoisotopic (exact) mass is 789 g/mol. The van der Waals surface area contributed by atoms with Crippen molar-refractivity contribution in [3.8, 4) is 0 Å². The topological polar surface area (TPSA) is 55.8 Å². The Kier molecular flexibility index (Phi) is 46.7. The zero-order valence-electron chi connectivity index (χ0n) is 37.1. The predicted octanol–water partition coefficient (Wildman–Crippen LogP) is 15.9. The first-order valence-electron chi connectivity index (χ1n) is 23.5. The maximum atomic E-state index is 12.3. The second-order valence-electron chi connectivity index (χ2n) is 15.1. The second kappa shape index (κ2) is 49.2. The van der Waals surface area contributed by atoms with Crippen LogP contribution in [-0.4, -0.2) is 37.0 Å². The van der Waals surface area contributed by atoms with Gasteiger partial charge in [-0.3, -0.25) is 4.79 Å². The number of aliphatic hydroxyl groups excluding tert-OH is 1. The third kappa shape index (κ3) is 47.3. The van der Waals surface area contributed by atoms with Gasteiger partial charge in [-0.05, 0) is 96.3 Å². The number of rotatable bonds is 42. The lowest BCUT2D eigenvalue weighted by Crippen LogP contribution is -2.27. The Morgan fingerprint density at radius 1 is 0.421 bits per heavy atom. The van der Waals surface area contributed by atoms with Crippen molar-refractivity contribution >= 4 is 5.97 Å². The molecule has 324 valence electrons. The number of aliphatic hydroxyl groups is 1. The summed E-state index contributed by atoms with van der Waals surface area (Å²) in [5.74, 6) is -0.217. The van der Waals surface area contributed by atoms with E-state index in [2.05, 4.69) is 123 Å². The van der Waals surface area contributed by atoms with Crippen molar-refractivity contribution in [3.63, 3.8) is 0 Å². The van der Waals surface area contributed by atoms with Crippen LogP contribution >= 0.6 is 0 Å². The van der Waals surface area contributed by atoms with Gasteiger partial charge in [0.05, 0.1) is 13.2 Å². The van der Waals surface area contributed by atoms with E-state index in [9.17, 15) is 9.90 Å². The lowest BCUT2D eigenvalue weighted by atomic mass is 10.0. The molecule has 0 aromatic rings. The number of ether oxygens (including phenoxy) is 2. The Balaban J connectivity index is 3.51. The smallest absolute Gasteiger partial charge is 0.306 e. The van der Waals surface area contributed by atoms with Crippen LogP contribution in [0.25, 0.3) is 0 Å². The average molecular weight is 789 g/mol. The molecule has 0 spiro atoms. The minimum atomic E-state index is -0.557. The highest BCUT2D eigenvalue weighted by Gasteiger charge is 2.13. The van der Waals surface area contributed by atoms with E-state index >= 15 is 0 Å². The van der Waals surface area contributed by atoms with Gasteiger partial charge < -0.3 is 14.6 Å². The van der Waals surface area contributed by atoms with Crippen LogP contribution in [0, 0.1) is 0 Å². The van der Waals surface area contributed by atoms with E-state index < -0.39 is 6.10 Å². The number of carbonyl (C=O) groups excluding carboxylic acids is 1. The summed E-state index contributed by atoms with van der Waals surface area (Å²) in [6.45, 7) is 5.05. The fraction of sp³-hybridized carbons (Fsp3) is 0.642. The standard InChI is InChI=1S/C53H88O4/c1-3-5-7-9-11-13-15-17-19-21-23-25-26-27-28-29-30-32-34-36-38-40-42-44-46-48-53(55)57-52(50-54)51-56-49-47-45-43-41-39-37-35-33-31-24-22-20-18-16-14-12-10-8-6-4-2/h5-8,11-14,17-20,23-25,31,35,37,52,54H,3-4,9-10,15-16,21-22,26-30,32-34,36,38-51H2,1-2H3/b7-5-,8-6-,13-11-,14-12-,19-17-,20-18-,25-23-,31-24-,37-35-. The van der Waals surface area contributed by atoms with Gasteiger partial charge in [0, 0.05) is 13.0 Å². The number of hydrogen-bond acceptors (Lipinski definition) is 4. The summed E-state index contributed by atoms with van der Waals surface area (Å²) < 4.78 is 11.2. The molecular formula is C53H88O4. The molecule has 1 unspecified atom stereocenters. The molecule has 0 saturated carbocycles. The summed E-state index contributed by atoms with van der Waals surface area (Å²) in [5, 5.41) is 9.63. The SMILES string of the molecule is CC/C=C\C/C=C\C/C=C\C/C=C\C/C=C\CCCCCCOCC(CO)OC(=O)CCCCCCCCCCCCCC/C=C\C/C=C\C/C=C\C/C=C\CC. The molecule has 0 aromatic carbocycles. The second-order valence-corrected chi connectivity index (χ2v) is 15.1. The summed E-state index contributed by atoms with van der Waals surface area (Å²) >= 11 is 0. The average Bonchev–Trinajstić information content (AvgIpc) is 3.22. The molecule has 4 nitrogen and oxygen atoms in total. The van der Waals surface area contributed by atoms with Gasteiger partial charge in [0.1, 0.15) is 6.10 Å². The molecule has 0 aliphatic heterocycles. The number of unbranched alkanes of at least 4 members (excludes halogenated alkanes) is 16. The molecule has 1 N–H and O–H groups in total. The molecule has 4 heteroatoms. The Bertz CT molecular complexity index is 1100. The van der Waals surface area contributed by atoms with Crippen molar-refractivity contribution in [2.45, 2.75) is 200 Å². The van der Waals surface area contributed by atoms with Gasteiger partial charge in [0.2, 0.25) is 0 Å². The van der Waals surface area contributed by atoms with Gasteiger partial charge >= 0.3 is 5.97 Å². The van der Waals surface area contributed by atoms with E-state index in [-0.39, 0.29) is 19.2 Å². The summed E-state index contributed by atoms with van der Waals surface area (Å²) in [6.07, 6.45) is 71.6. The van der Waals surface area contributed by atoms with Crippen LogP contribution in [0.2, 0.25) is 0 Å². The van der Waals surface area contributed by atoms with Gasteiger partial charge in [0.15, 0.2) is 0 Å². The molecular weight excluding hydrogens is 701 g/mol. The first-order chi connectivity index (χ1) is 28.2. The predicted molar refractivity (Wildman–Crippen MR) is 251 cm³/mol. The lowest BCUT2D eigenvalue weighted by molar-refractivity contribution is -0.154. The Morgan fingerprint density at radius 3 is 1.11 bits per heavy atom. The highest BCUT2D eigenvalue weighted by Crippen LogP contribution is 2.14. The zero-order chi connectivity index (χ0) is 41.2. The van der Waals surface area contributed by atoms with Crippen molar-refractivity contribution in [3.05, 3.63) is 109 Å². The van der Waals surface area contributed by atoms with Crippen molar-refractivity contribution in [2.24, 2.45) is 0 Å². The van der Waals surface area contributed by atoms with E-state index in [0.717, 1.165) is 89.9 Å². The first-order valence-corrected chi connectivity index (χ1v) is 23.5. The van der Waals surface area contributed by atoms with E-state index in [0.29, 0.717) is 13.0 Å². The van der Waals surface area contributed by atoms with Crippen LogP contribution in [0.15, 0.2) is 109 Å². The van der Waals surface area contributed by atoms with Crippen molar-refractivity contribution < 1.29 is 19.4 Å². The van der Waals surface area contributed by atoms with E-state index in [4.69, 9.17) is 9.47 Å². The molecule has 1 atom stereocenters. The quantitative estimate of drug-likeness (QED) is 0.0380. The molecule has 57 heavy (non-hydrogen) atoms. The first kappa shape index (κ1) is 54.0. The van der Waals surface area contributed by atoms with Gasteiger partial charge in [-0.15, -0.1) is 0 Å². The molecule has 0 heterocycles. The molecule has 0 fully saturated rings. The minimum Gasteiger partial charge on any atom is -0.457 e. The number of allylic oxidation sites excluding steroid dienone is 18. The summed E-state index contributed by atoms with van der Waals surface area (Å²) in [5.41, 5.74) is 0. The molecule has 0 aliphatic carbocycles. The van der Waals surface area contributed by atoms with E-state index in [1.165, 1.54) is 83.5 Å². The molecule has 0 amide bonds. The molecule has 0 saturated heterocycles. The molecule has 0 aliphatic rings. The summed E-state index contributed by atoms with van der Waals surface area (Å²) in [6, 6.07) is 0. The maximum Gasteiger partial charge on any atom is 0.306 e. The van der Waals surface area contributed by atoms with Gasteiger partial charge in [-0.1, -0.05) is 200 Å². The van der Waals surface area contributed by atoms with Crippen LogP contribution in [0.4, 0.5) is 0 Å². The van der Waals surface area contributed by atoms with Crippen molar-refractivity contribution in [2.75, 3.05) is 19.8 Å². The maximum absolute atomic E-state index is 12.3. The molecule has 0 rings (SSSR count). The fourth-order valence-electron chi connectivity index (χ4n) is 6.17. The zero-order valence-corrected chi connectivity index (χ0v) is 37.1. The fourth-order valence-corrected chi connectivity index (χ4v) is 6.17. The molecule has 0 aromatic heterocycles. The van der Waals surface area contributed by atoms with E-state index in [1.807, 2.05) is 0 Å². The number of carbonyl (C=O) groups is 1. The van der Waals surface area contributed by atoms with Crippen LogP contribution in [0.3, 0.4) is 0 Å². The summed E-state index contributed by atoms with van der Waals surface area (Å²) in [4.78, 5) is 12.3. The number of esters is 1. The lowest BCUT2D eigenvalue weighted by Gasteiger charge is -2.15. The van der Waals surface area contributed by atoms with Gasteiger partial charge in [-0.2, -0.15) is 0 Å². The third-order valence-electron chi connectivity index (χ3n) is 9.59. The van der Waals surface area contributed by atoms with Crippen LogP contribution < -0.4 is 0 Å². The van der Waals surface area contributed by atoms with Crippen LogP contribution in [0.5, 0.6) is 0 Å². The largest absolute Gasteiger partial charge is 0.457 e. The molecule has 0 bridgehead atoms. The summed E-state index contributed by atoms with van der Waals surface area (Å²) in [7, 11) is 0. The highest BCUT2D eigenvalue weighted by molar-refractivity contribution is 5.69. The Labute approximate surface area is 353 Å². The highest BCUT2D eigenvalue weighted by atomic mass is 16.6. The van der Waals surface area contributed by atoms with Gasteiger partial charge in [-0.25, -0.2) is 0 Å². The van der Waals surface area contributed by atoms with Crippen molar-refractivity contribution in [1.82, 2.24) is 0 Å². The Hall–Kier alpha value is -2.95. The molecule has 0 radical (unpaired) electrons. The number of hydrogen-bond donors (Lipinski definition) is 1. The van der Waals surface area contributed by atoms with Crippen molar-refractivity contribution in [1.29, 1.82) is 0 Å². The van der Waals surface area contributed by atoms with E-state index in [1.54, 1.807) is 0 Å². The third-order valence-corrected chi connectivity index (χ3v) is 9.59. The normalized spacial score (nSPS) is 13.4. The van der Waals surface area contributed by atoms with Crippen LogP contribution in [-0.2, 0) is 14.3 Å². The van der Waals surface area contributed by atoms with Crippen LogP contribution in [0.1, 0.15) is 194 Å². The minimum absolute atomic E-state index is 0.189.